The average molecular weight is 283 g/mol. The summed E-state index contributed by atoms with van der Waals surface area (Å²) in [7, 11) is -1.62. The average Bonchev–Trinajstić information content (AvgIpc) is 2.36. The molecule has 2 N–H and O–H groups in total. The lowest BCUT2D eigenvalue weighted by molar-refractivity contribution is 0.413. The number of sulfonamides is 1. The van der Waals surface area contributed by atoms with E-state index in [-0.39, 0.29) is 0 Å². The molecule has 7 heteroatoms. The normalized spacial score (nSPS) is 11.0. The van der Waals surface area contributed by atoms with Gasteiger partial charge in [0.2, 0.25) is 10.0 Å². The second kappa shape index (κ2) is 7.09. The molecule has 0 heterocycles. The molecule has 0 aromatic heterocycles. The molecule has 0 atom stereocenters. The molecule has 0 saturated carbocycles. The molecule has 0 saturated heterocycles. The van der Waals surface area contributed by atoms with Gasteiger partial charge in [0.25, 0.3) is 0 Å². The summed E-state index contributed by atoms with van der Waals surface area (Å²) in [5.74, 6) is 0.546. The molecular formula is C12H17N3O3S. The molecule has 0 radical (unpaired) electrons. The van der Waals surface area contributed by atoms with Crippen LogP contribution >= 0.6 is 0 Å². The molecular weight excluding hydrogens is 266 g/mol. The molecule has 0 amide bonds. The van der Waals surface area contributed by atoms with Gasteiger partial charge in [-0.2, -0.15) is 5.26 Å². The van der Waals surface area contributed by atoms with Gasteiger partial charge in [0.1, 0.15) is 11.8 Å². The van der Waals surface area contributed by atoms with E-state index < -0.39 is 10.0 Å². The lowest BCUT2D eigenvalue weighted by Gasteiger charge is -2.07. The zero-order chi connectivity index (χ0) is 14.3. The Kier molecular flexibility index (Phi) is 5.76. The van der Waals surface area contributed by atoms with Crippen molar-refractivity contribution in [3.63, 3.8) is 0 Å². The van der Waals surface area contributed by atoms with Crippen molar-refractivity contribution in [2.24, 2.45) is 0 Å². The number of ether oxygens (including phenoxy) is 1. The van der Waals surface area contributed by atoms with E-state index in [2.05, 4.69) is 16.1 Å². The van der Waals surface area contributed by atoms with Crippen LogP contribution in [0.2, 0.25) is 0 Å². The summed E-state index contributed by atoms with van der Waals surface area (Å²) >= 11 is 0. The van der Waals surface area contributed by atoms with Crippen molar-refractivity contribution in [1.29, 1.82) is 5.26 Å². The fourth-order valence-corrected chi connectivity index (χ4v) is 1.98. The first kappa shape index (κ1) is 15.4. The Morgan fingerprint density at radius 3 is 2.68 bits per heavy atom. The maximum absolute atomic E-state index is 10.8. The van der Waals surface area contributed by atoms with Gasteiger partial charge in [0.05, 0.1) is 18.9 Å². The van der Waals surface area contributed by atoms with Crippen LogP contribution in [0.25, 0.3) is 0 Å². The smallest absolute Gasteiger partial charge is 0.208 e. The van der Waals surface area contributed by atoms with E-state index in [4.69, 9.17) is 10.00 Å². The first-order chi connectivity index (χ1) is 8.96. The van der Waals surface area contributed by atoms with Gasteiger partial charge < -0.3 is 10.1 Å². The molecule has 6 nitrogen and oxygen atoms in total. The Bertz CT molecular complexity index is 564. The van der Waals surface area contributed by atoms with Gasteiger partial charge >= 0.3 is 0 Å². The number of nitrogens with one attached hydrogen (secondary N) is 2. The quantitative estimate of drug-likeness (QED) is 0.698. The third-order valence-corrected chi connectivity index (χ3v) is 3.11. The molecule has 0 spiro atoms. The number of hydrogen-bond acceptors (Lipinski definition) is 5. The van der Waals surface area contributed by atoms with E-state index >= 15 is 0 Å². The highest BCUT2D eigenvalue weighted by Gasteiger charge is 2.03. The summed E-state index contributed by atoms with van der Waals surface area (Å²) in [6.45, 7) is 1.41. The summed E-state index contributed by atoms with van der Waals surface area (Å²) in [6, 6.07) is 7.41. The summed E-state index contributed by atoms with van der Waals surface area (Å²) < 4.78 is 29.1. The van der Waals surface area contributed by atoms with Gasteiger partial charge in [-0.3, -0.25) is 0 Å². The van der Waals surface area contributed by atoms with E-state index in [1.807, 2.05) is 6.07 Å². The van der Waals surface area contributed by atoms with Crippen molar-refractivity contribution in [3.8, 4) is 11.8 Å². The van der Waals surface area contributed by atoms with E-state index in [1.165, 1.54) is 7.11 Å². The Morgan fingerprint density at radius 1 is 1.37 bits per heavy atom. The number of benzene rings is 1. The fraction of sp³-hybridized carbons (Fsp3) is 0.417. The third kappa shape index (κ3) is 5.70. The van der Waals surface area contributed by atoms with Crippen LogP contribution in [0.4, 0.5) is 0 Å². The van der Waals surface area contributed by atoms with E-state index in [1.54, 1.807) is 12.1 Å². The van der Waals surface area contributed by atoms with Gasteiger partial charge in [-0.1, -0.05) is 6.07 Å². The molecule has 104 valence electrons. The highest BCUT2D eigenvalue weighted by atomic mass is 32.2. The highest BCUT2D eigenvalue weighted by Crippen LogP contribution is 2.18. The van der Waals surface area contributed by atoms with E-state index in [0.29, 0.717) is 30.9 Å². The van der Waals surface area contributed by atoms with Crippen molar-refractivity contribution in [3.05, 3.63) is 29.3 Å². The van der Waals surface area contributed by atoms with Crippen molar-refractivity contribution in [1.82, 2.24) is 10.0 Å². The summed E-state index contributed by atoms with van der Waals surface area (Å²) in [5, 5.41) is 12.0. The lowest BCUT2D eigenvalue weighted by Crippen LogP contribution is -2.30. The Labute approximate surface area is 113 Å². The largest absolute Gasteiger partial charge is 0.495 e. The molecule has 1 aromatic carbocycles. The second-order valence-corrected chi connectivity index (χ2v) is 5.82. The van der Waals surface area contributed by atoms with Crippen LogP contribution in [-0.4, -0.2) is 34.9 Å². The lowest BCUT2D eigenvalue weighted by atomic mass is 10.1. The minimum absolute atomic E-state index is 0.333. The highest BCUT2D eigenvalue weighted by molar-refractivity contribution is 7.88. The predicted octanol–water partition coefficient (Wildman–Crippen LogP) is 0.206. The predicted molar refractivity (Wildman–Crippen MR) is 72.3 cm³/mol. The molecule has 1 aromatic rings. The van der Waals surface area contributed by atoms with Crippen LogP contribution < -0.4 is 14.8 Å². The second-order valence-electron chi connectivity index (χ2n) is 3.99. The Morgan fingerprint density at radius 2 is 2.11 bits per heavy atom. The number of hydrogen-bond donors (Lipinski definition) is 2. The number of nitriles is 1. The molecule has 0 aliphatic heterocycles. The Balaban J connectivity index is 2.44. The van der Waals surface area contributed by atoms with Crippen molar-refractivity contribution >= 4 is 10.0 Å². The molecule has 19 heavy (non-hydrogen) atoms. The summed E-state index contributed by atoms with van der Waals surface area (Å²) in [6.07, 6.45) is 1.12. The summed E-state index contributed by atoms with van der Waals surface area (Å²) in [5.41, 5.74) is 1.42. The van der Waals surface area contributed by atoms with Crippen LogP contribution in [0.3, 0.4) is 0 Å². The standard InChI is InChI=1S/C12H17N3O3S/c1-18-12-4-3-10(7-11(12)8-13)9-14-5-6-15-19(2,16)17/h3-4,7,14-15H,5-6,9H2,1-2H3. The van der Waals surface area contributed by atoms with Crippen molar-refractivity contribution in [2.45, 2.75) is 6.54 Å². The number of rotatable bonds is 7. The first-order valence-corrected chi connectivity index (χ1v) is 7.58. The maximum Gasteiger partial charge on any atom is 0.208 e. The van der Waals surface area contributed by atoms with Gasteiger partial charge in [-0.05, 0) is 17.7 Å². The molecule has 0 unspecified atom stereocenters. The molecule has 0 aliphatic carbocycles. The number of methoxy groups -OCH3 is 1. The summed E-state index contributed by atoms with van der Waals surface area (Å²) in [4.78, 5) is 0. The number of nitrogens with zero attached hydrogens (tertiary/aromatic N) is 1. The topological polar surface area (TPSA) is 91.2 Å². The van der Waals surface area contributed by atoms with Gasteiger partial charge in [-0.15, -0.1) is 0 Å². The van der Waals surface area contributed by atoms with Crippen LogP contribution in [0.5, 0.6) is 5.75 Å². The van der Waals surface area contributed by atoms with Crippen LogP contribution in [0.1, 0.15) is 11.1 Å². The van der Waals surface area contributed by atoms with Gasteiger partial charge in [0, 0.05) is 19.6 Å². The van der Waals surface area contributed by atoms with E-state index in [0.717, 1.165) is 11.8 Å². The monoisotopic (exact) mass is 283 g/mol. The fourth-order valence-electron chi connectivity index (χ4n) is 1.51. The minimum Gasteiger partial charge on any atom is -0.495 e. The maximum atomic E-state index is 10.8. The van der Waals surface area contributed by atoms with Gasteiger partial charge in [-0.25, -0.2) is 13.1 Å². The van der Waals surface area contributed by atoms with Crippen LogP contribution in [-0.2, 0) is 16.6 Å². The van der Waals surface area contributed by atoms with Crippen molar-refractivity contribution < 1.29 is 13.2 Å². The molecule has 1 rings (SSSR count). The minimum atomic E-state index is -3.14. The SMILES string of the molecule is COc1ccc(CNCCNS(C)(=O)=O)cc1C#N. The molecule has 0 fully saturated rings. The third-order valence-electron chi connectivity index (χ3n) is 2.38. The van der Waals surface area contributed by atoms with Crippen LogP contribution in [0.15, 0.2) is 18.2 Å². The Hall–Kier alpha value is -1.62. The molecule has 0 bridgehead atoms. The zero-order valence-corrected chi connectivity index (χ0v) is 11.8. The first-order valence-electron chi connectivity index (χ1n) is 5.68. The van der Waals surface area contributed by atoms with Crippen LogP contribution in [0, 0.1) is 11.3 Å². The van der Waals surface area contributed by atoms with Crippen molar-refractivity contribution in [2.75, 3.05) is 26.5 Å². The molecule has 0 aliphatic rings. The zero-order valence-electron chi connectivity index (χ0n) is 10.9. The van der Waals surface area contributed by atoms with E-state index in [9.17, 15) is 8.42 Å². The van der Waals surface area contributed by atoms with Gasteiger partial charge in [0.15, 0.2) is 0 Å².